The Morgan fingerprint density at radius 2 is 1.47 bits per heavy atom. The van der Waals surface area contributed by atoms with E-state index in [0.29, 0.717) is 0 Å². The van der Waals surface area contributed by atoms with Gasteiger partial charge in [0, 0.05) is 28.8 Å². The van der Waals surface area contributed by atoms with Crippen LogP contribution in [0.5, 0.6) is 0 Å². The smallest absolute Gasteiger partial charge is 0.0682 e. The summed E-state index contributed by atoms with van der Waals surface area (Å²) in [5.74, 6) is 0. The molecular weight excluding hydrogens is 372 g/mol. The van der Waals surface area contributed by atoms with E-state index in [2.05, 4.69) is 53.4 Å². The van der Waals surface area contributed by atoms with E-state index in [9.17, 15) is 5.11 Å². The van der Waals surface area contributed by atoms with Crippen LogP contribution in [0.4, 0.5) is 0 Å². The second kappa shape index (κ2) is 8.99. The highest BCUT2D eigenvalue weighted by molar-refractivity contribution is 5.84. The zero-order chi connectivity index (χ0) is 20.9. The van der Waals surface area contributed by atoms with Gasteiger partial charge in [-0.1, -0.05) is 36.4 Å². The van der Waals surface area contributed by atoms with Crippen molar-refractivity contribution in [2.24, 2.45) is 0 Å². The molecule has 30 heavy (non-hydrogen) atoms. The molecule has 0 spiro atoms. The van der Waals surface area contributed by atoms with Crippen LogP contribution in [-0.2, 0) is 19.6 Å². The fraction of sp³-hybridized carbons (Fsp3) is 0.154. The molecule has 0 saturated heterocycles. The van der Waals surface area contributed by atoms with Gasteiger partial charge in [-0.05, 0) is 76.9 Å². The summed E-state index contributed by atoms with van der Waals surface area (Å²) in [5.41, 5.74) is 8.09. The van der Waals surface area contributed by atoms with Crippen LogP contribution in [-0.4, -0.2) is 20.2 Å². The summed E-state index contributed by atoms with van der Waals surface area (Å²) in [4.78, 5) is 6.39. The van der Waals surface area contributed by atoms with Gasteiger partial charge in [-0.25, -0.2) is 0 Å². The average Bonchev–Trinajstić information content (AvgIpc) is 3.41. The molecule has 4 heteroatoms. The van der Waals surface area contributed by atoms with Gasteiger partial charge in [0.1, 0.15) is 0 Å². The second-order valence-corrected chi connectivity index (χ2v) is 7.51. The van der Waals surface area contributed by atoms with E-state index in [1.54, 1.807) is 0 Å². The van der Waals surface area contributed by atoms with Crippen LogP contribution in [0.15, 0.2) is 79.1 Å². The molecule has 0 aliphatic carbocycles. The molecule has 5 aromatic rings. The molecule has 3 aromatic carbocycles. The minimum absolute atomic E-state index is 0.0882. The Bertz CT molecular complexity index is 1270. The second-order valence-electron chi connectivity index (χ2n) is 7.51. The third-order valence-electron chi connectivity index (χ3n) is 5.46. The van der Waals surface area contributed by atoms with Gasteiger partial charge in [-0.15, -0.1) is 0 Å². The molecule has 0 aliphatic rings. The number of benzene rings is 3. The predicted octanol–water partition coefficient (Wildman–Crippen LogP) is 5.22. The van der Waals surface area contributed by atoms with Crippen LogP contribution in [0.3, 0.4) is 0 Å². The molecule has 0 saturated carbocycles. The van der Waals surface area contributed by atoms with Crippen LogP contribution in [0, 0.1) is 6.92 Å². The highest BCUT2D eigenvalue weighted by atomic mass is 16.3. The number of H-pyrrole nitrogens is 2. The first-order chi connectivity index (χ1) is 14.7. The van der Waals surface area contributed by atoms with Crippen LogP contribution in [0.2, 0.25) is 0 Å². The van der Waals surface area contributed by atoms with E-state index < -0.39 is 0 Å². The highest BCUT2D eigenvalue weighted by Crippen LogP contribution is 2.23. The van der Waals surface area contributed by atoms with Crippen molar-refractivity contribution in [2.75, 3.05) is 0 Å². The fourth-order valence-electron chi connectivity index (χ4n) is 3.68. The van der Waals surface area contributed by atoms with Gasteiger partial charge in [0.15, 0.2) is 0 Å². The maximum Gasteiger partial charge on any atom is 0.0682 e. The molecule has 0 radical (unpaired) electrons. The Balaban J connectivity index is 0.000000168. The number of hydrogen-bond acceptors (Lipinski definition) is 2. The SMILES string of the molecule is Cc1ccccc1Cc1c[nH]c2ccc(CO)cc12.OCc1ccc2[nH]ccc2c1. The van der Waals surface area contributed by atoms with Crippen molar-refractivity contribution in [1.82, 2.24) is 9.97 Å². The fourth-order valence-corrected chi connectivity index (χ4v) is 3.68. The number of nitrogens with one attached hydrogen (secondary N) is 2. The Hall–Kier alpha value is -3.34. The van der Waals surface area contributed by atoms with Crippen molar-refractivity contribution in [3.63, 3.8) is 0 Å². The quantitative estimate of drug-likeness (QED) is 0.335. The topological polar surface area (TPSA) is 72.0 Å². The third kappa shape index (κ3) is 4.30. The molecule has 2 heterocycles. The first-order valence-corrected chi connectivity index (χ1v) is 10.1. The lowest BCUT2D eigenvalue weighted by Gasteiger charge is -2.05. The van der Waals surface area contributed by atoms with E-state index in [-0.39, 0.29) is 13.2 Å². The Labute approximate surface area is 175 Å². The van der Waals surface area contributed by atoms with Crippen molar-refractivity contribution in [1.29, 1.82) is 0 Å². The number of aromatic nitrogens is 2. The molecule has 0 amide bonds. The summed E-state index contributed by atoms with van der Waals surface area (Å²) in [7, 11) is 0. The van der Waals surface area contributed by atoms with Crippen molar-refractivity contribution in [3.8, 4) is 0 Å². The summed E-state index contributed by atoms with van der Waals surface area (Å²) in [5, 5.41) is 20.4. The van der Waals surface area contributed by atoms with E-state index in [1.165, 1.54) is 22.1 Å². The van der Waals surface area contributed by atoms with Gasteiger partial charge < -0.3 is 20.2 Å². The molecule has 152 valence electrons. The number of aliphatic hydroxyl groups excluding tert-OH is 2. The van der Waals surface area contributed by atoms with E-state index >= 15 is 0 Å². The molecule has 0 atom stereocenters. The maximum atomic E-state index is 9.25. The van der Waals surface area contributed by atoms with Gasteiger partial charge >= 0.3 is 0 Å². The number of hydrogen-bond donors (Lipinski definition) is 4. The molecule has 2 aromatic heterocycles. The Kier molecular flexibility index (Phi) is 5.98. The first kappa shape index (κ1) is 20.0. The molecule has 0 bridgehead atoms. The summed E-state index contributed by atoms with van der Waals surface area (Å²) in [6.07, 6.45) is 4.88. The van der Waals surface area contributed by atoms with E-state index in [0.717, 1.165) is 34.0 Å². The number of rotatable bonds is 4. The normalized spacial score (nSPS) is 10.9. The molecule has 0 unspecified atom stereocenters. The van der Waals surface area contributed by atoms with Gasteiger partial charge in [-0.3, -0.25) is 0 Å². The lowest BCUT2D eigenvalue weighted by molar-refractivity contribution is 0.282. The van der Waals surface area contributed by atoms with E-state index in [1.807, 2.05) is 42.6 Å². The van der Waals surface area contributed by atoms with Crippen molar-refractivity contribution < 1.29 is 10.2 Å². The van der Waals surface area contributed by atoms with Gasteiger partial charge in [0.25, 0.3) is 0 Å². The lowest BCUT2D eigenvalue weighted by Crippen LogP contribution is -1.90. The first-order valence-electron chi connectivity index (χ1n) is 10.1. The van der Waals surface area contributed by atoms with Crippen molar-refractivity contribution in [3.05, 3.63) is 107 Å². The monoisotopic (exact) mass is 398 g/mol. The Morgan fingerprint density at radius 1 is 0.733 bits per heavy atom. The van der Waals surface area contributed by atoms with Gasteiger partial charge in [-0.2, -0.15) is 0 Å². The van der Waals surface area contributed by atoms with Crippen LogP contribution in [0.25, 0.3) is 21.8 Å². The van der Waals surface area contributed by atoms with Crippen molar-refractivity contribution >= 4 is 21.8 Å². The standard InChI is InChI=1S/C17H17NO.C9H9NO/c1-12-4-2-3-5-14(12)9-15-10-18-17-7-6-13(11-19)8-16(15)17;11-6-7-1-2-9-8(5-7)3-4-10-9/h2-8,10,18-19H,9,11H2,1H3;1-5,10-11H,6H2. The number of aromatic amines is 2. The number of fused-ring (bicyclic) bond motifs is 2. The average molecular weight is 399 g/mol. The summed E-state index contributed by atoms with van der Waals surface area (Å²) >= 11 is 0. The van der Waals surface area contributed by atoms with Gasteiger partial charge in [0.05, 0.1) is 13.2 Å². The molecule has 4 N–H and O–H groups in total. The Morgan fingerprint density at radius 3 is 2.23 bits per heavy atom. The van der Waals surface area contributed by atoms with Crippen LogP contribution < -0.4 is 0 Å². The lowest BCUT2D eigenvalue weighted by atomic mass is 9.99. The highest BCUT2D eigenvalue weighted by Gasteiger charge is 2.07. The molecule has 0 aliphatic heterocycles. The predicted molar refractivity (Wildman–Crippen MR) is 122 cm³/mol. The maximum absolute atomic E-state index is 9.25. The minimum atomic E-state index is 0.0882. The third-order valence-corrected chi connectivity index (χ3v) is 5.46. The van der Waals surface area contributed by atoms with Gasteiger partial charge in [0.2, 0.25) is 0 Å². The molecule has 0 fully saturated rings. The largest absolute Gasteiger partial charge is 0.392 e. The minimum Gasteiger partial charge on any atom is -0.392 e. The van der Waals surface area contributed by atoms with Crippen molar-refractivity contribution in [2.45, 2.75) is 26.6 Å². The zero-order valence-corrected chi connectivity index (χ0v) is 17.0. The summed E-state index contributed by atoms with van der Waals surface area (Å²) in [6, 6.07) is 22.4. The number of aryl methyl sites for hydroxylation is 1. The summed E-state index contributed by atoms with van der Waals surface area (Å²) < 4.78 is 0. The van der Waals surface area contributed by atoms with E-state index in [4.69, 9.17) is 5.11 Å². The molecule has 5 rings (SSSR count). The zero-order valence-electron chi connectivity index (χ0n) is 17.0. The number of aliphatic hydroxyl groups is 2. The molecular formula is C26H26N2O2. The van der Waals surface area contributed by atoms with Crippen LogP contribution in [0.1, 0.15) is 27.8 Å². The molecule has 4 nitrogen and oxygen atoms in total. The summed E-state index contributed by atoms with van der Waals surface area (Å²) in [6.45, 7) is 2.34. The van der Waals surface area contributed by atoms with Crippen LogP contribution >= 0.6 is 0 Å².